The van der Waals surface area contributed by atoms with E-state index in [1.165, 1.54) is 96.3 Å². The third kappa shape index (κ3) is 12.8. The van der Waals surface area contributed by atoms with Crippen LogP contribution in [-0.2, 0) is 4.43 Å². The molecular formula is C25H57N3OSi. The summed E-state index contributed by atoms with van der Waals surface area (Å²) in [7, 11) is 7.31. The fourth-order valence-corrected chi connectivity index (χ4v) is 6.37. The van der Waals surface area contributed by atoms with Gasteiger partial charge in [0.05, 0.1) is 0 Å². The van der Waals surface area contributed by atoms with Gasteiger partial charge in [0, 0.05) is 7.11 Å². The average Bonchev–Trinajstić information content (AvgIpc) is 2.73. The van der Waals surface area contributed by atoms with E-state index >= 15 is 0 Å². The molecule has 0 aromatic rings. The lowest BCUT2D eigenvalue weighted by Gasteiger charge is -2.40. The van der Waals surface area contributed by atoms with Crippen molar-refractivity contribution in [1.82, 2.24) is 14.7 Å². The Morgan fingerprint density at radius 3 is 1.27 bits per heavy atom. The largest absolute Gasteiger partial charge is 0.420 e. The zero-order chi connectivity index (χ0) is 23.0. The first kappa shape index (κ1) is 30.1. The van der Waals surface area contributed by atoms with Crippen LogP contribution in [-0.4, -0.2) is 90.5 Å². The fraction of sp³-hybridized carbons (Fsp3) is 1.00. The number of hydrogen-bond acceptors (Lipinski definition) is 4. The maximum Gasteiger partial charge on any atom is 0.188 e. The van der Waals surface area contributed by atoms with Crippen molar-refractivity contribution in [3.8, 4) is 0 Å². The van der Waals surface area contributed by atoms with Crippen LogP contribution in [0.1, 0.15) is 72.6 Å². The van der Waals surface area contributed by atoms with E-state index in [1.807, 2.05) is 7.11 Å². The Labute approximate surface area is 191 Å². The van der Waals surface area contributed by atoms with Gasteiger partial charge in [-0.2, -0.15) is 0 Å². The molecule has 0 aliphatic heterocycles. The van der Waals surface area contributed by atoms with Crippen LogP contribution < -0.4 is 0 Å². The van der Waals surface area contributed by atoms with Gasteiger partial charge < -0.3 is 19.1 Å². The molecule has 4 nitrogen and oxygen atoms in total. The van der Waals surface area contributed by atoms with Crippen LogP contribution in [0.3, 0.4) is 0 Å². The molecule has 5 heteroatoms. The Kier molecular flexibility index (Phi) is 16.7. The molecule has 0 radical (unpaired) electrons. The quantitative estimate of drug-likeness (QED) is 0.221. The first-order chi connectivity index (χ1) is 14.2. The summed E-state index contributed by atoms with van der Waals surface area (Å²) in [4.78, 5) is 7.65. The number of hydrogen-bond donors (Lipinski definition) is 0. The van der Waals surface area contributed by atoms with E-state index in [0.29, 0.717) is 5.41 Å². The second-order valence-corrected chi connectivity index (χ2v) is 14.7. The van der Waals surface area contributed by atoms with Gasteiger partial charge in [-0.3, -0.25) is 0 Å². The van der Waals surface area contributed by atoms with Crippen LogP contribution in [0.5, 0.6) is 0 Å². The van der Waals surface area contributed by atoms with E-state index in [0.717, 1.165) is 0 Å². The summed E-state index contributed by atoms with van der Waals surface area (Å²) in [5, 5.41) is 0. The van der Waals surface area contributed by atoms with Crippen molar-refractivity contribution < 1.29 is 4.43 Å². The van der Waals surface area contributed by atoms with Crippen LogP contribution in [0.4, 0.5) is 0 Å². The monoisotopic (exact) mass is 443 g/mol. The molecule has 0 fully saturated rings. The molecule has 0 rings (SSSR count). The first-order valence-corrected chi connectivity index (χ1v) is 15.6. The van der Waals surface area contributed by atoms with E-state index in [2.05, 4.69) is 70.1 Å². The number of nitrogens with zero attached hydrogens (tertiary/aromatic N) is 3. The third-order valence-corrected chi connectivity index (χ3v) is 11.1. The molecule has 0 heterocycles. The third-order valence-electron chi connectivity index (χ3n) is 7.31. The number of rotatable bonds is 20. The maximum atomic E-state index is 6.08. The molecule has 0 aromatic heterocycles. The van der Waals surface area contributed by atoms with Gasteiger partial charge in [-0.25, -0.2) is 0 Å². The van der Waals surface area contributed by atoms with Crippen LogP contribution in [0.15, 0.2) is 0 Å². The lowest BCUT2D eigenvalue weighted by Crippen LogP contribution is -2.39. The SMILES string of the molecule is CCCN(C)CCC(CCN(C)CCC)(CCN(C)CCC)CC[Si](C)(CC)OC. The van der Waals surface area contributed by atoms with Crippen LogP contribution in [0.25, 0.3) is 0 Å². The van der Waals surface area contributed by atoms with E-state index in [4.69, 9.17) is 4.43 Å². The maximum absolute atomic E-state index is 6.08. The van der Waals surface area contributed by atoms with Gasteiger partial charge in [0.15, 0.2) is 8.32 Å². The Morgan fingerprint density at radius 2 is 1.00 bits per heavy atom. The first-order valence-electron chi connectivity index (χ1n) is 12.8. The Balaban J connectivity index is 5.47. The van der Waals surface area contributed by atoms with Crippen molar-refractivity contribution in [2.24, 2.45) is 5.41 Å². The van der Waals surface area contributed by atoms with Crippen molar-refractivity contribution >= 4 is 8.32 Å². The highest BCUT2D eigenvalue weighted by Gasteiger charge is 2.35. The van der Waals surface area contributed by atoms with Crippen LogP contribution in [0, 0.1) is 5.41 Å². The Hall–Kier alpha value is 0.0569. The molecule has 0 amide bonds. The summed E-state index contributed by atoms with van der Waals surface area (Å²) in [6.45, 7) is 18.9. The molecule has 0 spiro atoms. The second kappa shape index (κ2) is 16.7. The molecule has 1 atom stereocenters. The topological polar surface area (TPSA) is 19.0 Å². The van der Waals surface area contributed by atoms with Crippen molar-refractivity contribution in [2.75, 3.05) is 67.5 Å². The van der Waals surface area contributed by atoms with Gasteiger partial charge in [-0.05, 0) is 129 Å². The zero-order valence-corrected chi connectivity index (χ0v) is 23.4. The molecule has 1 unspecified atom stereocenters. The predicted octanol–water partition coefficient (Wildman–Crippen LogP) is 5.80. The second-order valence-electron chi connectivity index (χ2n) is 10.2. The molecule has 30 heavy (non-hydrogen) atoms. The fourth-order valence-electron chi connectivity index (χ4n) is 4.47. The lowest BCUT2D eigenvalue weighted by atomic mass is 9.75. The summed E-state index contributed by atoms with van der Waals surface area (Å²) in [6.07, 6.45) is 9.02. The van der Waals surface area contributed by atoms with Gasteiger partial charge in [-0.15, -0.1) is 0 Å². The van der Waals surface area contributed by atoms with E-state index in [1.54, 1.807) is 0 Å². The van der Waals surface area contributed by atoms with Crippen molar-refractivity contribution in [3.05, 3.63) is 0 Å². The summed E-state index contributed by atoms with van der Waals surface area (Å²) >= 11 is 0. The highest BCUT2D eigenvalue weighted by molar-refractivity contribution is 6.72. The molecule has 0 aliphatic carbocycles. The van der Waals surface area contributed by atoms with Crippen LogP contribution >= 0.6 is 0 Å². The molecule has 0 saturated carbocycles. The average molecular weight is 444 g/mol. The van der Waals surface area contributed by atoms with Gasteiger partial charge in [0.25, 0.3) is 0 Å². The van der Waals surface area contributed by atoms with E-state index < -0.39 is 8.32 Å². The Morgan fingerprint density at radius 1 is 0.633 bits per heavy atom. The van der Waals surface area contributed by atoms with Crippen molar-refractivity contribution in [3.63, 3.8) is 0 Å². The molecule has 0 bridgehead atoms. The summed E-state index contributed by atoms with van der Waals surface area (Å²) < 4.78 is 6.08. The summed E-state index contributed by atoms with van der Waals surface area (Å²) in [5.41, 5.74) is 0.425. The predicted molar refractivity (Wildman–Crippen MR) is 138 cm³/mol. The van der Waals surface area contributed by atoms with E-state index in [9.17, 15) is 0 Å². The van der Waals surface area contributed by atoms with Gasteiger partial charge >= 0.3 is 0 Å². The van der Waals surface area contributed by atoms with Crippen molar-refractivity contribution in [1.29, 1.82) is 0 Å². The minimum Gasteiger partial charge on any atom is -0.420 e. The minimum atomic E-state index is -1.56. The van der Waals surface area contributed by atoms with Crippen LogP contribution in [0.2, 0.25) is 18.6 Å². The zero-order valence-electron chi connectivity index (χ0n) is 22.4. The lowest BCUT2D eigenvalue weighted by molar-refractivity contribution is 0.132. The summed E-state index contributed by atoms with van der Waals surface area (Å²) in [6, 6.07) is 2.52. The van der Waals surface area contributed by atoms with Gasteiger partial charge in [-0.1, -0.05) is 27.7 Å². The molecule has 0 N–H and O–H groups in total. The van der Waals surface area contributed by atoms with Crippen molar-refractivity contribution in [2.45, 2.75) is 91.3 Å². The molecule has 0 aromatic carbocycles. The highest BCUT2D eigenvalue weighted by Crippen LogP contribution is 2.39. The molecule has 0 aliphatic rings. The highest BCUT2D eigenvalue weighted by atomic mass is 28.4. The Bertz CT molecular complexity index is 363. The normalized spacial score (nSPS) is 14.8. The van der Waals surface area contributed by atoms with Gasteiger partial charge in [0.2, 0.25) is 0 Å². The standard InChI is InChI=1S/C25H57N3OSi/c1-10-18-26(5)21-14-25(15-22-27(6)19-11-2,16-23-28(7)20-12-3)17-24-30(9,13-4)29-8/h10-24H2,1-9H3. The smallest absolute Gasteiger partial charge is 0.188 e. The van der Waals surface area contributed by atoms with Gasteiger partial charge in [0.1, 0.15) is 0 Å². The van der Waals surface area contributed by atoms with E-state index in [-0.39, 0.29) is 0 Å². The molecule has 0 saturated heterocycles. The minimum absolute atomic E-state index is 0.425. The molecular weight excluding hydrogens is 386 g/mol. The summed E-state index contributed by atoms with van der Waals surface area (Å²) in [5.74, 6) is 0. The molecule has 182 valence electrons.